The number of nitrogens with two attached hydrogens (primary N) is 3. The molecule has 0 amide bonds. The van der Waals surface area contributed by atoms with Crippen molar-refractivity contribution >= 4 is 0 Å². The molecule has 0 unspecified atom stereocenters. The van der Waals surface area contributed by atoms with Crippen LogP contribution < -0.4 is 22.5 Å². The molecular formula is C19H38N4O10. The van der Waals surface area contributed by atoms with E-state index in [1.165, 1.54) is 6.92 Å². The number of aliphatic hydroxyl groups excluding tert-OH is 5. The van der Waals surface area contributed by atoms with Gasteiger partial charge in [0.05, 0.1) is 25.3 Å². The first-order valence-corrected chi connectivity index (χ1v) is 11.0. The predicted molar refractivity (Wildman–Crippen MR) is 111 cm³/mol. The maximum Gasteiger partial charge on any atom is 0.185 e. The number of hydrogen-bond acceptors (Lipinski definition) is 14. The van der Waals surface area contributed by atoms with Gasteiger partial charge in [0.2, 0.25) is 0 Å². The number of rotatable bonds is 6. The number of nitrogens with one attached hydrogen (secondary N) is 1. The van der Waals surface area contributed by atoms with Crippen molar-refractivity contribution in [3.63, 3.8) is 0 Å². The lowest BCUT2D eigenvalue weighted by molar-refractivity contribution is -0.316. The number of ether oxygens (including phenoxy) is 4. The Hall–Kier alpha value is -0.560. The van der Waals surface area contributed by atoms with Crippen molar-refractivity contribution < 1.29 is 49.6 Å². The van der Waals surface area contributed by atoms with Crippen LogP contribution >= 0.6 is 0 Å². The van der Waals surface area contributed by atoms with Crippen molar-refractivity contribution in [3.8, 4) is 0 Å². The molecule has 14 heteroatoms. The Morgan fingerprint density at radius 3 is 2.06 bits per heavy atom. The molecule has 14 nitrogen and oxygen atoms in total. The molecule has 13 N–H and O–H groups in total. The summed E-state index contributed by atoms with van der Waals surface area (Å²) < 4.78 is 22.6. The van der Waals surface area contributed by atoms with E-state index in [-0.39, 0.29) is 13.0 Å². The van der Waals surface area contributed by atoms with Crippen molar-refractivity contribution in [3.05, 3.63) is 0 Å². The van der Waals surface area contributed by atoms with Crippen LogP contribution in [0.5, 0.6) is 0 Å². The van der Waals surface area contributed by atoms with Gasteiger partial charge in [-0.25, -0.2) is 0 Å². The molecule has 33 heavy (non-hydrogen) atoms. The fourth-order valence-corrected chi connectivity index (χ4v) is 4.74. The van der Waals surface area contributed by atoms with E-state index >= 15 is 0 Å². The second kappa shape index (κ2) is 10.6. The van der Waals surface area contributed by atoms with Gasteiger partial charge in [-0.15, -0.1) is 0 Å². The molecule has 3 aliphatic rings. The van der Waals surface area contributed by atoms with E-state index in [1.807, 2.05) is 0 Å². The average Bonchev–Trinajstić information content (AvgIpc) is 2.75. The maximum absolute atomic E-state index is 11.0. The highest BCUT2D eigenvalue weighted by molar-refractivity contribution is 5.02. The summed E-state index contributed by atoms with van der Waals surface area (Å²) in [6.45, 7) is 0.787. The van der Waals surface area contributed by atoms with Gasteiger partial charge >= 0.3 is 0 Å². The monoisotopic (exact) mass is 482 g/mol. The van der Waals surface area contributed by atoms with E-state index in [2.05, 4.69) is 5.32 Å². The number of aliphatic hydroxyl groups is 6. The Labute approximate surface area is 191 Å². The lowest BCUT2D eigenvalue weighted by Crippen LogP contribution is -2.69. The average molecular weight is 483 g/mol. The molecule has 14 atom stereocenters. The zero-order valence-corrected chi connectivity index (χ0v) is 18.7. The first-order chi connectivity index (χ1) is 15.4. The SMILES string of the molecule is CN[C@@H]1[C@@H](O)[C@@H](O[C@@H]2[C@@H](O)[C@H](O[C@H]3O[C@H](CO)[C@@H](O)[C@H](O)[C@@H]3N)[C@@H](N)C[C@H]2N)OC[C@]1(C)O. The third kappa shape index (κ3) is 5.34. The summed E-state index contributed by atoms with van der Waals surface area (Å²) in [6.07, 6.45) is -11.2. The zero-order valence-electron chi connectivity index (χ0n) is 18.7. The van der Waals surface area contributed by atoms with Crippen molar-refractivity contribution in [2.75, 3.05) is 20.3 Å². The molecule has 0 bridgehead atoms. The smallest absolute Gasteiger partial charge is 0.185 e. The first-order valence-electron chi connectivity index (χ1n) is 11.0. The first kappa shape index (κ1) is 27.0. The van der Waals surface area contributed by atoms with Crippen LogP contribution in [0.4, 0.5) is 0 Å². The maximum atomic E-state index is 11.0. The Kier molecular flexibility index (Phi) is 8.68. The minimum Gasteiger partial charge on any atom is -0.394 e. The van der Waals surface area contributed by atoms with E-state index in [0.717, 1.165) is 0 Å². The molecule has 0 radical (unpaired) electrons. The quantitative estimate of drug-likeness (QED) is 0.169. The van der Waals surface area contributed by atoms with Crippen LogP contribution in [-0.4, -0.2) is 136 Å². The van der Waals surface area contributed by atoms with Crippen LogP contribution in [0.2, 0.25) is 0 Å². The van der Waals surface area contributed by atoms with Crippen LogP contribution in [0, 0.1) is 0 Å². The molecule has 2 saturated heterocycles. The van der Waals surface area contributed by atoms with Gasteiger partial charge in [-0.2, -0.15) is 0 Å². The Morgan fingerprint density at radius 2 is 1.52 bits per heavy atom. The minimum absolute atomic E-state index is 0.134. The number of likely N-dealkylation sites (N-methyl/N-ethyl adjacent to an activating group) is 1. The molecule has 0 aromatic carbocycles. The molecule has 1 saturated carbocycles. The zero-order chi connectivity index (χ0) is 24.7. The molecule has 0 aromatic heterocycles. The second-order valence-corrected chi connectivity index (χ2v) is 9.33. The normalized spacial score (nSPS) is 53.7. The topological polar surface area (TPSA) is 248 Å². The highest BCUT2D eigenvalue weighted by Crippen LogP contribution is 2.31. The lowest BCUT2D eigenvalue weighted by atomic mass is 9.84. The van der Waals surface area contributed by atoms with Gasteiger partial charge in [0.25, 0.3) is 0 Å². The van der Waals surface area contributed by atoms with Crippen LogP contribution in [0.25, 0.3) is 0 Å². The van der Waals surface area contributed by atoms with E-state index in [0.29, 0.717) is 0 Å². The predicted octanol–water partition coefficient (Wildman–Crippen LogP) is -6.00. The molecule has 0 spiro atoms. The van der Waals surface area contributed by atoms with Crippen molar-refractivity contribution in [2.45, 2.75) is 98.4 Å². The third-order valence-corrected chi connectivity index (χ3v) is 6.71. The van der Waals surface area contributed by atoms with Gasteiger partial charge in [0.1, 0.15) is 48.3 Å². The van der Waals surface area contributed by atoms with Crippen LogP contribution in [0.15, 0.2) is 0 Å². The molecule has 194 valence electrons. The number of hydrogen-bond donors (Lipinski definition) is 10. The standard InChI is InChI=1S/C19H38N4O10/c1-19(29)5-30-18(13(28)16(19)23-2)33-15-7(21)3-6(20)14(12(15)27)32-17-9(22)11(26)10(25)8(4-24)31-17/h6-18,23-29H,3-5,20-22H2,1-2H3/t6-,7+,8+,9-,10+,11+,12-,13+,14+,15-,16+,17+,18+,19-/m0/s1. The van der Waals surface area contributed by atoms with Gasteiger partial charge in [-0.05, 0) is 20.4 Å². The fourth-order valence-electron chi connectivity index (χ4n) is 4.74. The Bertz CT molecular complexity index is 646. The van der Waals surface area contributed by atoms with E-state index in [9.17, 15) is 30.6 Å². The van der Waals surface area contributed by atoms with E-state index < -0.39 is 91.7 Å². The summed E-state index contributed by atoms with van der Waals surface area (Å²) in [4.78, 5) is 0. The molecule has 2 heterocycles. The molecule has 3 fully saturated rings. The summed E-state index contributed by atoms with van der Waals surface area (Å²) in [5, 5.41) is 64.4. The summed E-state index contributed by atoms with van der Waals surface area (Å²) in [5.74, 6) is 0. The molecule has 0 aromatic rings. The van der Waals surface area contributed by atoms with E-state index in [1.54, 1.807) is 7.05 Å². The Balaban J connectivity index is 1.71. The molecule has 2 aliphatic heterocycles. The summed E-state index contributed by atoms with van der Waals surface area (Å²) >= 11 is 0. The molecule has 1 aliphatic carbocycles. The van der Waals surface area contributed by atoms with Gasteiger partial charge in [0.15, 0.2) is 12.6 Å². The third-order valence-electron chi connectivity index (χ3n) is 6.71. The second-order valence-electron chi connectivity index (χ2n) is 9.33. The highest BCUT2D eigenvalue weighted by atomic mass is 16.7. The van der Waals surface area contributed by atoms with Crippen molar-refractivity contribution in [2.24, 2.45) is 17.2 Å². The van der Waals surface area contributed by atoms with Gasteiger partial charge in [-0.1, -0.05) is 0 Å². The van der Waals surface area contributed by atoms with Crippen LogP contribution in [-0.2, 0) is 18.9 Å². The summed E-state index contributed by atoms with van der Waals surface area (Å²) in [7, 11) is 1.58. The van der Waals surface area contributed by atoms with Crippen molar-refractivity contribution in [1.29, 1.82) is 0 Å². The van der Waals surface area contributed by atoms with Crippen LogP contribution in [0.3, 0.4) is 0 Å². The minimum atomic E-state index is -1.44. The highest BCUT2D eigenvalue weighted by Gasteiger charge is 2.52. The fraction of sp³-hybridized carbons (Fsp3) is 1.00. The molecular weight excluding hydrogens is 444 g/mol. The van der Waals surface area contributed by atoms with Crippen LogP contribution in [0.1, 0.15) is 13.3 Å². The van der Waals surface area contributed by atoms with Gasteiger partial charge in [-0.3, -0.25) is 0 Å². The largest absolute Gasteiger partial charge is 0.394 e. The lowest BCUT2D eigenvalue weighted by Gasteiger charge is -2.49. The summed E-state index contributed by atoms with van der Waals surface area (Å²) in [5.41, 5.74) is 16.9. The van der Waals surface area contributed by atoms with Crippen molar-refractivity contribution in [1.82, 2.24) is 5.32 Å². The molecule has 3 rings (SSSR count). The van der Waals surface area contributed by atoms with Gasteiger partial charge in [0, 0.05) is 12.1 Å². The Morgan fingerprint density at radius 1 is 0.939 bits per heavy atom. The van der Waals surface area contributed by atoms with E-state index in [4.69, 9.17) is 36.1 Å². The summed E-state index contributed by atoms with van der Waals surface area (Å²) in [6, 6.07) is -3.44. The van der Waals surface area contributed by atoms with Gasteiger partial charge < -0.3 is 72.1 Å².